The van der Waals surface area contributed by atoms with E-state index in [0.717, 1.165) is 71.0 Å². The first-order chi connectivity index (χ1) is 32.9. The van der Waals surface area contributed by atoms with E-state index >= 15 is 0 Å². The fraction of sp³-hybridized carbons (Fsp3) is 0.259. The zero-order valence-corrected chi connectivity index (χ0v) is 41.7. The molecule has 0 radical (unpaired) electrons. The fourth-order valence-corrected chi connectivity index (χ4v) is 8.83. The first-order valence-electron chi connectivity index (χ1n) is 22.5. The van der Waals surface area contributed by atoms with Gasteiger partial charge < -0.3 is 29.0 Å². The number of benzene rings is 4. The highest BCUT2D eigenvalue weighted by molar-refractivity contribution is 9.11. The van der Waals surface area contributed by atoms with Crippen LogP contribution in [0.4, 0.5) is 0 Å². The molecule has 0 saturated carbocycles. The van der Waals surface area contributed by atoms with Gasteiger partial charge in [0, 0.05) is 23.4 Å². The van der Waals surface area contributed by atoms with Crippen LogP contribution in [-0.4, -0.2) is 52.3 Å². The van der Waals surface area contributed by atoms with Crippen molar-refractivity contribution in [1.29, 1.82) is 0 Å². The Morgan fingerprint density at radius 2 is 1.09 bits per heavy atom. The van der Waals surface area contributed by atoms with Crippen LogP contribution in [-0.2, 0) is 22.7 Å². The van der Waals surface area contributed by atoms with E-state index in [1.54, 1.807) is 6.20 Å². The van der Waals surface area contributed by atoms with Gasteiger partial charge in [-0.05, 0) is 145 Å². The maximum Gasteiger partial charge on any atom is 0.494 e. The van der Waals surface area contributed by atoms with Gasteiger partial charge in [0.1, 0.15) is 13.2 Å². The molecule has 0 spiro atoms. The summed E-state index contributed by atoms with van der Waals surface area (Å²) in [6.45, 7) is 9.01. The monoisotopic (exact) mass is 1020 g/mol. The Balaban J connectivity index is 0.000000181. The molecule has 4 aromatic carbocycles. The molecule has 2 aliphatic carbocycles. The third-order valence-corrected chi connectivity index (χ3v) is 12.5. The fourth-order valence-electron chi connectivity index (χ4n) is 7.80. The lowest BCUT2D eigenvalue weighted by molar-refractivity contribution is 0.0515. The van der Waals surface area contributed by atoms with Crippen LogP contribution in [0.25, 0.3) is 16.7 Å². The van der Waals surface area contributed by atoms with Gasteiger partial charge in [-0.15, -0.1) is 0 Å². The van der Waals surface area contributed by atoms with Gasteiger partial charge in [-0.1, -0.05) is 124 Å². The molecule has 14 heteroatoms. The Kier molecular flexibility index (Phi) is 19.4. The lowest BCUT2D eigenvalue weighted by atomic mass is 9.81. The average Bonchev–Trinajstić information content (AvgIpc) is 4.02. The van der Waals surface area contributed by atoms with Crippen molar-refractivity contribution >= 4 is 80.4 Å². The lowest BCUT2D eigenvalue weighted by Crippen LogP contribution is -2.32. The topological polar surface area (TPSA) is 137 Å². The molecule has 0 fully saturated rings. The van der Waals surface area contributed by atoms with Crippen molar-refractivity contribution in [2.75, 3.05) is 13.2 Å². The SMILES string of the molecule is CCOC(=O)c1cc(C2=C(Br)CCC2)ccc1C.CCOC(=O)c1cc(C2=C(c3cc(Cl)cnc3OCc3ccccc3)CCC2)ccc1C.OB(O)c1cc(Cl)cnc1OCc1ccccc1. The van der Waals surface area contributed by atoms with E-state index in [0.29, 0.717) is 53.5 Å². The molecule has 10 nitrogen and oxygen atoms in total. The van der Waals surface area contributed by atoms with Gasteiger partial charge in [0.15, 0.2) is 0 Å². The molecular formula is C54H54BBrCl2N2O8. The molecule has 0 aliphatic heterocycles. The summed E-state index contributed by atoms with van der Waals surface area (Å²) in [4.78, 5) is 32.7. The van der Waals surface area contributed by atoms with E-state index < -0.39 is 7.12 Å². The summed E-state index contributed by atoms with van der Waals surface area (Å²) in [6, 6.07) is 34.9. The van der Waals surface area contributed by atoms with Crippen LogP contribution < -0.4 is 14.9 Å². The molecule has 8 rings (SSSR count). The molecule has 0 atom stereocenters. The first-order valence-corrected chi connectivity index (χ1v) is 24.1. The number of esters is 2. The molecule has 2 N–H and O–H groups in total. The minimum atomic E-state index is -1.66. The van der Waals surface area contributed by atoms with Crippen molar-refractivity contribution in [2.45, 2.75) is 79.4 Å². The van der Waals surface area contributed by atoms with Gasteiger partial charge in [-0.3, -0.25) is 0 Å². The van der Waals surface area contributed by atoms with E-state index in [2.05, 4.69) is 38.0 Å². The standard InChI is InChI=1S/C27H26ClNO3.C15H17BrO2.C12H11BClNO3/c1-3-31-27(30)24-14-20(13-12-18(24)2)22-10-7-11-23(22)25-15-21(28)16-29-26(25)32-17-19-8-5-4-6-9-19;1-3-18-15(17)13-9-11(8-7-10(13)2)12-5-4-6-14(12)16;14-10-6-11(13(16)17)12(15-7-10)18-8-9-4-2-1-3-5-9/h4-6,8-9,12-16H,3,7,10-11,17H2,1-2H3;7-9H,3-6H2,1-2H3;1-7,16-17H,8H2. The average molecular weight is 1020 g/mol. The third-order valence-electron chi connectivity index (χ3n) is 11.2. The van der Waals surface area contributed by atoms with E-state index in [9.17, 15) is 19.6 Å². The number of aryl methyl sites for hydroxylation is 2. The highest BCUT2D eigenvalue weighted by Crippen LogP contribution is 2.43. The van der Waals surface area contributed by atoms with E-state index in [4.69, 9.17) is 42.1 Å². The maximum atomic E-state index is 12.4. The second-order valence-corrected chi connectivity index (χ2v) is 17.9. The molecule has 6 aromatic rings. The molecule has 2 heterocycles. The summed E-state index contributed by atoms with van der Waals surface area (Å²) in [7, 11) is -1.66. The molecule has 352 valence electrons. The second kappa shape index (κ2) is 25.6. The van der Waals surface area contributed by atoms with Crippen LogP contribution in [0.3, 0.4) is 0 Å². The summed E-state index contributed by atoms with van der Waals surface area (Å²) >= 11 is 15.7. The number of carbonyl (C=O) groups excluding carboxylic acids is 2. The number of halogens is 3. The Morgan fingerprint density at radius 1 is 0.618 bits per heavy atom. The molecule has 68 heavy (non-hydrogen) atoms. The molecule has 2 aliphatic rings. The van der Waals surface area contributed by atoms with Gasteiger partial charge in [-0.2, -0.15) is 0 Å². The summed E-state index contributed by atoms with van der Waals surface area (Å²) in [5.74, 6) is 0.221. The van der Waals surface area contributed by atoms with Crippen LogP contribution in [0.2, 0.25) is 10.0 Å². The molecule has 0 saturated heterocycles. The predicted octanol–water partition coefficient (Wildman–Crippen LogP) is 12.3. The van der Waals surface area contributed by atoms with Gasteiger partial charge in [0.05, 0.1) is 34.4 Å². The Labute approximate surface area is 417 Å². The number of hydrogen-bond acceptors (Lipinski definition) is 10. The number of aromatic nitrogens is 2. The summed E-state index contributed by atoms with van der Waals surface area (Å²) < 4.78 is 23.2. The number of pyridine rings is 2. The van der Waals surface area contributed by atoms with Crippen LogP contribution in [0, 0.1) is 13.8 Å². The molecule has 0 bridgehead atoms. The Bertz CT molecular complexity index is 2750. The highest BCUT2D eigenvalue weighted by Gasteiger charge is 2.24. The smallest absolute Gasteiger partial charge is 0.473 e. The van der Waals surface area contributed by atoms with Crippen molar-refractivity contribution in [1.82, 2.24) is 9.97 Å². The minimum Gasteiger partial charge on any atom is -0.473 e. The Hall–Kier alpha value is -5.76. The zero-order chi connectivity index (χ0) is 48.6. The predicted molar refractivity (Wildman–Crippen MR) is 275 cm³/mol. The van der Waals surface area contributed by atoms with E-state index in [-0.39, 0.29) is 23.3 Å². The zero-order valence-electron chi connectivity index (χ0n) is 38.6. The van der Waals surface area contributed by atoms with Crippen molar-refractivity contribution in [3.63, 3.8) is 0 Å². The molecule has 0 unspecified atom stereocenters. The van der Waals surface area contributed by atoms with Crippen LogP contribution in [0.15, 0.2) is 126 Å². The highest BCUT2D eigenvalue weighted by atomic mass is 79.9. The molecule has 0 amide bonds. The normalized spacial score (nSPS) is 13.0. The second-order valence-electron chi connectivity index (χ2n) is 16.0. The summed E-state index contributed by atoms with van der Waals surface area (Å²) in [5, 5.41) is 19.3. The first kappa shape index (κ1) is 51.6. The third kappa shape index (κ3) is 14.2. The van der Waals surface area contributed by atoms with E-state index in [1.165, 1.54) is 39.9 Å². The van der Waals surface area contributed by atoms with Crippen molar-refractivity contribution < 1.29 is 38.6 Å². The van der Waals surface area contributed by atoms with Gasteiger partial charge in [0.2, 0.25) is 11.8 Å². The summed E-state index contributed by atoms with van der Waals surface area (Å²) in [6.07, 6.45) is 9.21. The van der Waals surface area contributed by atoms with Gasteiger partial charge >= 0.3 is 19.1 Å². The Morgan fingerprint density at radius 3 is 1.60 bits per heavy atom. The molecule has 2 aromatic heterocycles. The van der Waals surface area contributed by atoms with Gasteiger partial charge in [0.25, 0.3) is 0 Å². The van der Waals surface area contributed by atoms with Crippen LogP contribution in [0.1, 0.15) is 112 Å². The summed E-state index contributed by atoms with van der Waals surface area (Å²) in [5.41, 5.74) is 12.1. The number of allylic oxidation sites excluding steroid dienone is 4. The van der Waals surface area contributed by atoms with Crippen LogP contribution in [0.5, 0.6) is 11.8 Å². The lowest BCUT2D eigenvalue weighted by Gasteiger charge is -2.15. The quantitative estimate of drug-likeness (QED) is 0.0801. The van der Waals surface area contributed by atoms with Crippen molar-refractivity contribution in [3.8, 4) is 11.8 Å². The van der Waals surface area contributed by atoms with Crippen molar-refractivity contribution in [2.24, 2.45) is 0 Å². The van der Waals surface area contributed by atoms with Crippen molar-refractivity contribution in [3.05, 3.63) is 186 Å². The number of hydrogen-bond donors (Lipinski definition) is 2. The number of rotatable bonds is 14. The maximum absolute atomic E-state index is 12.4. The number of nitrogens with zero attached hydrogens (tertiary/aromatic N) is 2. The number of carbonyl (C=O) groups is 2. The van der Waals surface area contributed by atoms with Gasteiger partial charge in [-0.25, -0.2) is 19.6 Å². The molecular weight excluding hydrogens is 966 g/mol. The number of ether oxygens (including phenoxy) is 4. The van der Waals surface area contributed by atoms with E-state index in [1.807, 2.05) is 119 Å². The largest absolute Gasteiger partial charge is 0.494 e. The minimum absolute atomic E-state index is 0.151. The van der Waals surface area contributed by atoms with Crippen LogP contribution >= 0.6 is 39.1 Å².